The minimum atomic E-state index is -0.268. The van der Waals surface area contributed by atoms with Gasteiger partial charge in [0.2, 0.25) is 0 Å². The first-order valence-electron chi connectivity index (χ1n) is 10.9. The largest absolute Gasteiger partial charge is 0.496 e. The Bertz CT molecular complexity index is 1040. The molecule has 0 bridgehead atoms. The van der Waals surface area contributed by atoms with E-state index < -0.39 is 0 Å². The van der Waals surface area contributed by atoms with E-state index in [9.17, 15) is 4.39 Å². The second-order valence-electron chi connectivity index (χ2n) is 8.15. The molecule has 0 aliphatic carbocycles. The van der Waals surface area contributed by atoms with Gasteiger partial charge in [0, 0.05) is 44.4 Å². The van der Waals surface area contributed by atoms with Crippen LogP contribution in [0.5, 0.6) is 11.5 Å². The summed E-state index contributed by atoms with van der Waals surface area (Å²) in [5.74, 6) is 1.32. The summed E-state index contributed by atoms with van der Waals surface area (Å²) in [4.78, 5) is 2.38. The molecule has 0 radical (unpaired) electrons. The highest BCUT2D eigenvalue weighted by Crippen LogP contribution is 2.26. The molecule has 3 aromatic rings. The van der Waals surface area contributed by atoms with Gasteiger partial charge in [-0.05, 0) is 48.9 Å². The number of ether oxygens (including phenoxy) is 3. The maximum Gasteiger partial charge on any atom is 0.123 e. The molecule has 2 heterocycles. The molecule has 0 spiro atoms. The average molecular weight is 440 g/mol. The van der Waals surface area contributed by atoms with Crippen LogP contribution in [0.3, 0.4) is 0 Å². The van der Waals surface area contributed by atoms with Gasteiger partial charge in [-0.1, -0.05) is 12.1 Å². The maximum atomic E-state index is 13.0. The lowest BCUT2D eigenvalue weighted by Crippen LogP contribution is -2.38. The molecule has 1 aromatic heterocycles. The Morgan fingerprint density at radius 1 is 1.16 bits per heavy atom. The van der Waals surface area contributed by atoms with Crippen LogP contribution in [0.25, 0.3) is 0 Å². The van der Waals surface area contributed by atoms with Crippen molar-refractivity contribution in [1.82, 2.24) is 14.7 Å². The Hall–Kier alpha value is -2.90. The number of halogens is 1. The number of methoxy groups -OCH3 is 1. The van der Waals surface area contributed by atoms with E-state index in [1.807, 2.05) is 11.7 Å². The summed E-state index contributed by atoms with van der Waals surface area (Å²) >= 11 is 0. The van der Waals surface area contributed by atoms with Crippen molar-refractivity contribution in [3.05, 3.63) is 76.9 Å². The molecule has 2 aromatic carbocycles. The first-order chi connectivity index (χ1) is 15.5. The molecule has 1 saturated heterocycles. The molecule has 4 rings (SSSR count). The number of benzene rings is 2. The maximum absolute atomic E-state index is 13.0. The molecule has 32 heavy (non-hydrogen) atoms. The summed E-state index contributed by atoms with van der Waals surface area (Å²) in [6, 6.07) is 14.5. The molecule has 170 valence electrons. The Balaban J connectivity index is 1.36. The van der Waals surface area contributed by atoms with Gasteiger partial charge < -0.3 is 14.2 Å². The van der Waals surface area contributed by atoms with E-state index >= 15 is 0 Å². The van der Waals surface area contributed by atoms with E-state index in [4.69, 9.17) is 19.3 Å². The third-order valence-electron chi connectivity index (χ3n) is 5.75. The first kappa shape index (κ1) is 22.3. The summed E-state index contributed by atoms with van der Waals surface area (Å²) in [6.45, 7) is 5.70. The normalized spacial score (nSPS) is 16.8. The molecule has 1 fully saturated rings. The fourth-order valence-electron chi connectivity index (χ4n) is 3.97. The predicted molar refractivity (Wildman–Crippen MR) is 121 cm³/mol. The molecular weight excluding hydrogens is 409 g/mol. The Morgan fingerprint density at radius 3 is 2.75 bits per heavy atom. The topological polar surface area (TPSA) is 48.8 Å². The first-order valence-corrected chi connectivity index (χ1v) is 10.9. The average Bonchev–Trinajstić information content (AvgIpc) is 3.17. The Kier molecular flexibility index (Phi) is 7.07. The van der Waals surface area contributed by atoms with Crippen LogP contribution in [-0.4, -0.2) is 48.1 Å². The number of nitrogens with zero attached hydrogens (tertiary/aromatic N) is 3. The molecule has 0 unspecified atom stereocenters. The van der Waals surface area contributed by atoms with E-state index in [0.717, 1.165) is 36.8 Å². The number of hydrogen-bond donors (Lipinski definition) is 0. The number of rotatable bonds is 8. The van der Waals surface area contributed by atoms with Crippen molar-refractivity contribution in [2.75, 3.05) is 33.4 Å². The highest BCUT2D eigenvalue weighted by atomic mass is 19.1. The van der Waals surface area contributed by atoms with Crippen molar-refractivity contribution >= 4 is 0 Å². The van der Waals surface area contributed by atoms with Crippen LogP contribution < -0.4 is 9.47 Å². The summed E-state index contributed by atoms with van der Waals surface area (Å²) in [5.41, 5.74) is 4.38. The second-order valence-corrected chi connectivity index (χ2v) is 8.15. The van der Waals surface area contributed by atoms with Crippen LogP contribution in [0.4, 0.5) is 4.39 Å². The lowest BCUT2D eigenvalue weighted by molar-refractivity contribution is -0.0353. The molecule has 6 nitrogen and oxygen atoms in total. The highest BCUT2D eigenvalue weighted by molar-refractivity contribution is 5.37. The van der Waals surface area contributed by atoms with Gasteiger partial charge in [-0.3, -0.25) is 9.58 Å². The van der Waals surface area contributed by atoms with Crippen LogP contribution in [-0.2, 0) is 24.8 Å². The minimum absolute atomic E-state index is 0.0711. The zero-order chi connectivity index (χ0) is 22.5. The van der Waals surface area contributed by atoms with E-state index in [2.05, 4.69) is 36.1 Å². The van der Waals surface area contributed by atoms with Crippen molar-refractivity contribution in [2.24, 2.45) is 7.05 Å². The molecular formula is C25H30FN3O3. The molecule has 1 atom stereocenters. The molecule has 7 heteroatoms. The van der Waals surface area contributed by atoms with E-state index in [-0.39, 0.29) is 11.9 Å². The van der Waals surface area contributed by atoms with Crippen LogP contribution in [0.1, 0.15) is 28.6 Å². The molecule has 1 aliphatic rings. The van der Waals surface area contributed by atoms with Gasteiger partial charge in [-0.15, -0.1) is 0 Å². The highest BCUT2D eigenvalue weighted by Gasteiger charge is 2.25. The van der Waals surface area contributed by atoms with Crippen molar-refractivity contribution in [3.63, 3.8) is 0 Å². The third-order valence-corrected chi connectivity index (χ3v) is 5.75. The zero-order valence-electron chi connectivity index (χ0n) is 18.9. The van der Waals surface area contributed by atoms with Gasteiger partial charge >= 0.3 is 0 Å². The predicted octanol–water partition coefficient (Wildman–Crippen LogP) is 4.07. The zero-order valence-corrected chi connectivity index (χ0v) is 18.9. The summed E-state index contributed by atoms with van der Waals surface area (Å²) < 4.78 is 32.2. The van der Waals surface area contributed by atoms with Gasteiger partial charge in [0.15, 0.2) is 0 Å². The fourth-order valence-corrected chi connectivity index (χ4v) is 3.97. The van der Waals surface area contributed by atoms with E-state index in [1.165, 1.54) is 23.3 Å². The van der Waals surface area contributed by atoms with Crippen molar-refractivity contribution in [3.8, 4) is 11.5 Å². The second kappa shape index (κ2) is 10.1. The SMILES string of the molecule is COc1cc(C)ccc1CN1CCO[C@@H](c2cc(CCOc3ccc(F)cc3)n(C)n2)C1. The summed E-state index contributed by atoms with van der Waals surface area (Å²) in [5, 5.41) is 4.69. The van der Waals surface area contributed by atoms with Gasteiger partial charge in [0.1, 0.15) is 23.4 Å². The van der Waals surface area contributed by atoms with Gasteiger partial charge in [-0.25, -0.2) is 4.39 Å². The van der Waals surface area contributed by atoms with Crippen LogP contribution >= 0.6 is 0 Å². The molecule has 0 amide bonds. The Morgan fingerprint density at radius 2 is 1.97 bits per heavy atom. The summed E-state index contributed by atoms with van der Waals surface area (Å²) in [7, 11) is 3.66. The van der Waals surface area contributed by atoms with Crippen LogP contribution in [0.15, 0.2) is 48.5 Å². The molecule has 0 saturated carbocycles. The minimum Gasteiger partial charge on any atom is -0.496 e. The van der Waals surface area contributed by atoms with Crippen molar-refractivity contribution in [1.29, 1.82) is 0 Å². The number of aryl methyl sites for hydroxylation is 2. The Labute approximate surface area is 188 Å². The van der Waals surface area contributed by atoms with Gasteiger partial charge in [0.05, 0.1) is 26.0 Å². The van der Waals surface area contributed by atoms with E-state index in [1.54, 1.807) is 19.2 Å². The van der Waals surface area contributed by atoms with Crippen molar-refractivity contribution < 1.29 is 18.6 Å². The number of morpholine rings is 1. The number of aromatic nitrogens is 2. The standard InChI is InChI=1S/C25H30FN3O3/c1-18-4-5-19(24(14-18)30-3)16-29-11-13-32-25(17-29)23-15-21(28(2)27-23)10-12-31-22-8-6-20(26)7-9-22/h4-9,14-15,25H,10-13,16-17H2,1-3H3/t25-/m1/s1. The van der Waals surface area contributed by atoms with Crippen LogP contribution in [0.2, 0.25) is 0 Å². The summed E-state index contributed by atoms with van der Waals surface area (Å²) in [6.07, 6.45) is 0.635. The quantitative estimate of drug-likeness (QED) is 0.530. The number of hydrogen-bond acceptors (Lipinski definition) is 5. The molecule has 1 aliphatic heterocycles. The smallest absolute Gasteiger partial charge is 0.123 e. The third kappa shape index (κ3) is 5.47. The van der Waals surface area contributed by atoms with E-state index in [0.29, 0.717) is 25.4 Å². The lowest BCUT2D eigenvalue weighted by atomic mass is 10.1. The van der Waals surface area contributed by atoms with Crippen molar-refractivity contribution in [2.45, 2.75) is 26.0 Å². The van der Waals surface area contributed by atoms with Crippen LogP contribution in [0, 0.1) is 12.7 Å². The monoisotopic (exact) mass is 439 g/mol. The fraction of sp³-hybridized carbons (Fsp3) is 0.400. The lowest BCUT2D eigenvalue weighted by Gasteiger charge is -2.32. The van der Waals surface area contributed by atoms with Gasteiger partial charge in [0.25, 0.3) is 0 Å². The van der Waals surface area contributed by atoms with Gasteiger partial charge in [-0.2, -0.15) is 5.10 Å². The molecule has 0 N–H and O–H groups in total.